The molecule has 2 heterocycles. The quantitative estimate of drug-likeness (QED) is 0.111. The van der Waals surface area contributed by atoms with Crippen LogP contribution < -0.4 is 0 Å². The molecule has 2 amide bonds. The molecule has 18 nitrogen and oxygen atoms in total. The molecule has 2 atom stereocenters. The molecule has 2 saturated carbocycles. The number of aliphatic carboxylic acids is 1. The van der Waals surface area contributed by atoms with E-state index in [1.165, 1.54) is 92.5 Å². The number of rotatable bonds is 20. The number of methoxy groups -OCH3 is 2. The van der Waals surface area contributed by atoms with Crippen LogP contribution in [0.15, 0.2) is 9.05 Å². The number of hydrogen-bond acceptors (Lipinski definition) is 15. The number of carbonyl (C=O) groups is 6. The Labute approximate surface area is 352 Å². The van der Waals surface area contributed by atoms with Gasteiger partial charge in [-0.05, 0) is 45.4 Å². The van der Waals surface area contributed by atoms with Gasteiger partial charge in [0.2, 0.25) is 11.8 Å². The van der Waals surface area contributed by atoms with Crippen molar-refractivity contribution in [2.75, 3.05) is 41.4 Å². The third-order valence-electron chi connectivity index (χ3n) is 10.9. The number of aromatic nitrogens is 4. The van der Waals surface area contributed by atoms with E-state index in [-0.39, 0.29) is 61.2 Å². The lowest BCUT2D eigenvalue weighted by atomic mass is 9.84. The maximum atomic E-state index is 12.5. The van der Waals surface area contributed by atoms with Gasteiger partial charge in [0.15, 0.2) is 0 Å². The number of hydrogen-bond donors (Lipinski definition) is 1. The van der Waals surface area contributed by atoms with Gasteiger partial charge in [-0.3, -0.25) is 28.8 Å². The fourth-order valence-electron chi connectivity index (χ4n) is 7.66. The molecule has 60 heavy (non-hydrogen) atoms. The van der Waals surface area contributed by atoms with Crippen LogP contribution in [0.2, 0.25) is 0 Å². The first kappa shape index (κ1) is 49.5. The first-order chi connectivity index (χ1) is 28.5. The normalized spacial score (nSPS) is 15.8. The summed E-state index contributed by atoms with van der Waals surface area (Å²) in [5.74, 6) is -2.78. The predicted molar refractivity (Wildman–Crippen MR) is 216 cm³/mol. The van der Waals surface area contributed by atoms with E-state index >= 15 is 0 Å². The fraction of sp³-hybridized carbons (Fsp3) is 0.762. The van der Waals surface area contributed by atoms with E-state index in [0.29, 0.717) is 18.8 Å². The van der Waals surface area contributed by atoms with Gasteiger partial charge < -0.3 is 38.2 Å². The molecule has 0 aliphatic heterocycles. The van der Waals surface area contributed by atoms with Crippen LogP contribution in [0.4, 0.5) is 0 Å². The zero-order chi connectivity index (χ0) is 44.2. The van der Waals surface area contributed by atoms with Crippen molar-refractivity contribution >= 4 is 35.7 Å². The Balaban J connectivity index is 0.000000323. The van der Waals surface area contributed by atoms with Gasteiger partial charge in [0.1, 0.15) is 18.7 Å². The van der Waals surface area contributed by atoms with E-state index in [1.807, 2.05) is 20.8 Å². The van der Waals surface area contributed by atoms with Gasteiger partial charge in [-0.1, -0.05) is 100 Å². The van der Waals surface area contributed by atoms with E-state index < -0.39 is 41.2 Å². The second-order valence-corrected chi connectivity index (χ2v) is 17.0. The molecule has 0 saturated heterocycles. The summed E-state index contributed by atoms with van der Waals surface area (Å²) in [6.07, 6.45) is 18.1. The molecule has 18 heteroatoms. The number of carboxylic acid groups (broad SMARTS) is 1. The molecule has 2 aromatic rings. The Morgan fingerprint density at radius 1 is 0.667 bits per heavy atom. The van der Waals surface area contributed by atoms with E-state index in [9.17, 15) is 33.9 Å². The van der Waals surface area contributed by atoms with Crippen molar-refractivity contribution in [1.82, 2.24) is 30.1 Å². The second kappa shape index (κ2) is 25.0. The van der Waals surface area contributed by atoms with E-state index in [4.69, 9.17) is 13.8 Å². The lowest BCUT2D eigenvalue weighted by Crippen LogP contribution is -2.33. The van der Waals surface area contributed by atoms with Crippen LogP contribution in [0.1, 0.15) is 181 Å². The lowest BCUT2D eigenvalue weighted by molar-refractivity contribution is -0.155. The lowest BCUT2D eigenvalue weighted by Gasteiger charge is -2.23. The van der Waals surface area contributed by atoms with Crippen LogP contribution in [0.25, 0.3) is 0 Å². The molecule has 336 valence electrons. The van der Waals surface area contributed by atoms with Crippen LogP contribution in [-0.4, -0.2) is 118 Å². The first-order valence-electron chi connectivity index (χ1n) is 21.2. The maximum Gasteiger partial charge on any atom is 0.325 e. The molecule has 4 rings (SSSR count). The van der Waals surface area contributed by atoms with Gasteiger partial charge in [0.25, 0.3) is 23.5 Å². The minimum Gasteiger partial charge on any atom is -0.481 e. The second-order valence-electron chi connectivity index (χ2n) is 17.0. The topological polar surface area (TPSA) is 235 Å². The van der Waals surface area contributed by atoms with Crippen molar-refractivity contribution in [2.45, 2.75) is 154 Å². The smallest absolute Gasteiger partial charge is 0.325 e. The number of carbonyl (C=O) groups excluding carboxylic acids is 5. The average molecular weight is 847 g/mol. The average Bonchev–Trinajstić information content (AvgIpc) is 3.91. The molecule has 1 N–H and O–H groups in total. The summed E-state index contributed by atoms with van der Waals surface area (Å²) in [4.78, 5) is 81.9. The molecular formula is C42H66N6O12. The molecule has 2 aromatic heterocycles. The Kier molecular flexibility index (Phi) is 20.6. The van der Waals surface area contributed by atoms with Gasteiger partial charge in [-0.2, -0.15) is 9.97 Å². The SMILES string of the molecule is COC(=O)CN(C)C(=O)c1noc([C@H](CCCC2CCCCC2)CC(=O)O)n1.COC(=O)CN(C)C(=O)c1noc([C@H](CCCC2CCCCC2)CC(=O)OC(C)(C)C)n1. The van der Waals surface area contributed by atoms with Crippen molar-refractivity contribution < 1.29 is 57.1 Å². The Morgan fingerprint density at radius 2 is 1.07 bits per heavy atom. The largest absolute Gasteiger partial charge is 0.481 e. The Hall–Kier alpha value is -4.90. The van der Waals surface area contributed by atoms with E-state index in [2.05, 4.69) is 29.8 Å². The summed E-state index contributed by atoms with van der Waals surface area (Å²) in [7, 11) is 5.37. The van der Waals surface area contributed by atoms with Crippen molar-refractivity contribution in [3.63, 3.8) is 0 Å². The maximum absolute atomic E-state index is 12.5. The van der Waals surface area contributed by atoms with Crippen molar-refractivity contribution in [1.29, 1.82) is 0 Å². The van der Waals surface area contributed by atoms with Gasteiger partial charge >= 0.3 is 23.9 Å². The molecule has 2 aliphatic rings. The zero-order valence-electron chi connectivity index (χ0n) is 36.6. The fourth-order valence-corrected chi connectivity index (χ4v) is 7.66. The monoisotopic (exact) mass is 846 g/mol. The summed E-state index contributed by atoms with van der Waals surface area (Å²) in [6.45, 7) is 5.01. The highest BCUT2D eigenvalue weighted by Gasteiger charge is 2.30. The predicted octanol–water partition coefficient (Wildman–Crippen LogP) is 6.50. The molecule has 2 fully saturated rings. The zero-order valence-corrected chi connectivity index (χ0v) is 36.6. The highest BCUT2D eigenvalue weighted by atomic mass is 16.6. The summed E-state index contributed by atoms with van der Waals surface area (Å²) >= 11 is 0. The number of amides is 2. The van der Waals surface area contributed by atoms with Crippen LogP contribution in [-0.2, 0) is 33.4 Å². The van der Waals surface area contributed by atoms with Gasteiger partial charge in [-0.15, -0.1) is 0 Å². The van der Waals surface area contributed by atoms with Crippen LogP contribution in [0.3, 0.4) is 0 Å². The van der Waals surface area contributed by atoms with E-state index in [1.54, 1.807) is 0 Å². The van der Waals surface area contributed by atoms with Crippen molar-refractivity contribution in [3.8, 4) is 0 Å². The Morgan fingerprint density at radius 3 is 1.43 bits per heavy atom. The van der Waals surface area contributed by atoms with Crippen LogP contribution in [0.5, 0.6) is 0 Å². The number of esters is 3. The summed E-state index contributed by atoms with van der Waals surface area (Å²) < 4.78 is 25.1. The molecule has 0 spiro atoms. The minimum atomic E-state index is -0.948. The van der Waals surface area contributed by atoms with Crippen LogP contribution in [0, 0.1) is 11.8 Å². The number of carboxylic acids is 1. The summed E-state index contributed by atoms with van der Waals surface area (Å²) in [5.41, 5.74) is -0.587. The molecule has 2 aliphatic carbocycles. The van der Waals surface area contributed by atoms with Gasteiger partial charge in [-0.25, -0.2) is 0 Å². The Bertz CT molecular complexity index is 1670. The number of ether oxygens (including phenoxy) is 3. The molecule has 0 radical (unpaired) electrons. The first-order valence-corrected chi connectivity index (χ1v) is 21.2. The van der Waals surface area contributed by atoms with Gasteiger partial charge in [0.05, 0.1) is 27.1 Å². The molecule has 0 unspecified atom stereocenters. The number of nitrogens with zero attached hydrogens (tertiary/aromatic N) is 6. The third kappa shape index (κ3) is 17.8. The van der Waals surface area contributed by atoms with Gasteiger partial charge in [0, 0.05) is 25.9 Å². The minimum absolute atomic E-state index is 0.107. The highest BCUT2D eigenvalue weighted by molar-refractivity contribution is 5.93. The molecule has 0 aromatic carbocycles. The highest BCUT2D eigenvalue weighted by Crippen LogP contribution is 2.33. The molecular weight excluding hydrogens is 780 g/mol. The van der Waals surface area contributed by atoms with Crippen molar-refractivity contribution in [3.05, 3.63) is 23.4 Å². The summed E-state index contributed by atoms with van der Waals surface area (Å²) in [6, 6.07) is 0. The molecule has 0 bridgehead atoms. The van der Waals surface area contributed by atoms with Crippen LogP contribution >= 0.6 is 0 Å². The third-order valence-corrected chi connectivity index (χ3v) is 10.9. The van der Waals surface area contributed by atoms with Crippen molar-refractivity contribution in [2.24, 2.45) is 11.8 Å². The number of likely N-dealkylation sites (N-methyl/N-ethyl adjacent to an activating group) is 2. The summed E-state index contributed by atoms with van der Waals surface area (Å²) in [5, 5.41) is 16.7. The standard InChI is InChI=1S/C23H37N3O6.C19H29N3O6/c1-23(2,3)31-18(27)14-17(13-9-12-16-10-7-6-8-11-16)21-24-20(25-32-21)22(29)26(4)15-19(28)30-5;1-22(12-16(25)27-2)19(26)17-20-18(28-21-17)14(11-15(23)24)10-6-9-13-7-4-3-5-8-13/h16-17H,6-15H2,1-5H3;13-14H,3-12H2,1-2H3,(H,23,24)/t17-;14-/m11/s1. The van der Waals surface area contributed by atoms with E-state index in [0.717, 1.165) is 41.4 Å².